The van der Waals surface area contributed by atoms with E-state index >= 15 is 0 Å². The molecule has 0 aliphatic rings. The van der Waals surface area contributed by atoms with Gasteiger partial charge in [0.15, 0.2) is 0 Å². The van der Waals surface area contributed by atoms with Crippen LogP contribution in [0.4, 0.5) is 0 Å². The maximum Gasteiger partial charge on any atom is 0.0945 e. The van der Waals surface area contributed by atoms with Gasteiger partial charge in [-0.15, -0.1) is 11.8 Å². The molecule has 2 aromatic rings. The highest BCUT2D eigenvalue weighted by molar-refractivity contribution is 8.00. The molecule has 0 aliphatic carbocycles. The van der Waals surface area contributed by atoms with Crippen molar-refractivity contribution in [3.05, 3.63) is 47.0 Å². The number of nitrogens with zero attached hydrogens (tertiary/aromatic N) is 2. The largest absolute Gasteiger partial charge is 0.337 e. The van der Waals surface area contributed by atoms with E-state index in [1.807, 2.05) is 48.7 Å². The van der Waals surface area contributed by atoms with Gasteiger partial charge in [0.05, 0.1) is 11.3 Å². The predicted molar refractivity (Wildman–Crippen MR) is 106 cm³/mol. The fraction of sp³-hybridized carbons (Fsp3) is 0.526. The highest BCUT2D eigenvalue weighted by atomic mass is 35.5. The van der Waals surface area contributed by atoms with E-state index in [-0.39, 0.29) is 0 Å². The van der Waals surface area contributed by atoms with Crippen molar-refractivity contribution >= 4 is 35.0 Å². The van der Waals surface area contributed by atoms with Gasteiger partial charge in [-0.3, -0.25) is 0 Å². The summed E-state index contributed by atoms with van der Waals surface area (Å²) in [5.74, 6) is 0. The molecule has 0 saturated carbocycles. The summed E-state index contributed by atoms with van der Waals surface area (Å²) in [6.45, 7) is 3.25. The summed E-state index contributed by atoms with van der Waals surface area (Å²) >= 11 is 14.3. The second-order valence-electron chi connectivity index (χ2n) is 6.11. The van der Waals surface area contributed by atoms with E-state index in [1.165, 1.54) is 38.5 Å². The molecule has 0 spiro atoms. The number of benzene rings is 1. The summed E-state index contributed by atoms with van der Waals surface area (Å²) in [5, 5.41) is 2.01. The first kappa shape index (κ1) is 19.7. The predicted octanol–water partition coefficient (Wildman–Crippen LogP) is 7.10. The van der Waals surface area contributed by atoms with Crippen LogP contribution in [0.2, 0.25) is 10.0 Å². The van der Waals surface area contributed by atoms with E-state index < -0.39 is 0 Å². The van der Waals surface area contributed by atoms with Crippen LogP contribution in [0.5, 0.6) is 0 Å². The molecule has 0 bridgehead atoms. The van der Waals surface area contributed by atoms with Crippen LogP contribution in [-0.2, 0) is 6.54 Å². The van der Waals surface area contributed by atoms with Gasteiger partial charge in [0, 0.05) is 34.1 Å². The molecule has 2 nitrogen and oxygen atoms in total. The summed E-state index contributed by atoms with van der Waals surface area (Å²) in [4.78, 5) is 5.25. The van der Waals surface area contributed by atoms with E-state index in [2.05, 4.69) is 16.5 Å². The quantitative estimate of drug-likeness (QED) is 0.303. The Balaban J connectivity index is 1.90. The molecule has 1 aromatic carbocycles. The smallest absolute Gasteiger partial charge is 0.0945 e. The number of aromatic nitrogens is 2. The molecule has 132 valence electrons. The van der Waals surface area contributed by atoms with Crippen LogP contribution in [0.25, 0.3) is 0 Å². The zero-order chi connectivity index (χ0) is 17.2. The van der Waals surface area contributed by atoms with Crippen molar-refractivity contribution in [3.63, 3.8) is 0 Å². The van der Waals surface area contributed by atoms with Crippen molar-refractivity contribution in [1.29, 1.82) is 0 Å². The Morgan fingerprint density at radius 1 is 1.12 bits per heavy atom. The maximum atomic E-state index is 6.36. The van der Waals surface area contributed by atoms with Crippen molar-refractivity contribution < 1.29 is 0 Å². The van der Waals surface area contributed by atoms with Crippen LogP contribution < -0.4 is 0 Å². The second-order valence-corrected chi connectivity index (χ2v) is 8.29. The third kappa shape index (κ3) is 7.08. The third-order valence-electron chi connectivity index (χ3n) is 4.09. The molecule has 1 aromatic heterocycles. The van der Waals surface area contributed by atoms with Gasteiger partial charge in [-0.2, -0.15) is 0 Å². The molecular formula is C19H26Cl2N2S. The zero-order valence-electron chi connectivity index (χ0n) is 14.3. The van der Waals surface area contributed by atoms with Gasteiger partial charge in [0.1, 0.15) is 0 Å². The minimum atomic E-state index is 0.563. The van der Waals surface area contributed by atoms with E-state index in [9.17, 15) is 0 Å². The maximum absolute atomic E-state index is 6.36. The number of rotatable bonds is 11. The molecule has 1 unspecified atom stereocenters. The van der Waals surface area contributed by atoms with Crippen LogP contribution in [0.3, 0.4) is 0 Å². The van der Waals surface area contributed by atoms with E-state index in [1.54, 1.807) is 0 Å². The Hall–Kier alpha value is -0.640. The van der Waals surface area contributed by atoms with Crippen molar-refractivity contribution in [2.75, 3.05) is 0 Å². The molecule has 0 fully saturated rings. The molecule has 0 N–H and O–H groups in total. The summed E-state index contributed by atoms with van der Waals surface area (Å²) in [6, 6.07) is 5.79. The molecular weight excluding hydrogens is 359 g/mol. The van der Waals surface area contributed by atoms with Crippen molar-refractivity contribution in [3.8, 4) is 0 Å². The molecule has 24 heavy (non-hydrogen) atoms. The SMILES string of the molecule is CCCCCCCC(CCn1ccnc1)Sc1ccc(Cl)cc1Cl. The summed E-state index contributed by atoms with van der Waals surface area (Å²) < 4.78 is 2.15. The average molecular weight is 385 g/mol. The molecule has 0 aliphatic heterocycles. The lowest BCUT2D eigenvalue weighted by atomic mass is 10.1. The minimum Gasteiger partial charge on any atom is -0.337 e. The van der Waals surface area contributed by atoms with Gasteiger partial charge >= 0.3 is 0 Å². The fourth-order valence-corrected chi connectivity index (χ4v) is 4.43. The second kappa shape index (κ2) is 11.1. The number of hydrogen-bond donors (Lipinski definition) is 0. The molecule has 1 heterocycles. The van der Waals surface area contributed by atoms with Gasteiger partial charge < -0.3 is 4.57 Å². The molecule has 0 radical (unpaired) electrons. The summed E-state index contributed by atoms with van der Waals surface area (Å²) in [5.41, 5.74) is 0. The van der Waals surface area contributed by atoms with Crippen molar-refractivity contribution in [2.45, 2.75) is 68.6 Å². The van der Waals surface area contributed by atoms with Gasteiger partial charge in [-0.05, 0) is 31.0 Å². The molecule has 5 heteroatoms. The van der Waals surface area contributed by atoms with E-state index in [0.29, 0.717) is 10.3 Å². The number of aryl methyl sites for hydroxylation is 1. The number of thioether (sulfide) groups is 1. The lowest BCUT2D eigenvalue weighted by Gasteiger charge is -2.18. The van der Waals surface area contributed by atoms with Crippen LogP contribution in [0.1, 0.15) is 51.9 Å². The van der Waals surface area contributed by atoms with Crippen LogP contribution in [0, 0.1) is 0 Å². The topological polar surface area (TPSA) is 17.8 Å². The monoisotopic (exact) mass is 384 g/mol. The number of halogens is 2. The Bertz CT molecular complexity index is 587. The first-order valence-electron chi connectivity index (χ1n) is 8.76. The molecule has 0 amide bonds. The molecule has 2 rings (SSSR count). The third-order valence-corrected chi connectivity index (χ3v) is 6.16. The van der Waals surface area contributed by atoms with Gasteiger partial charge in [0.2, 0.25) is 0 Å². The molecule has 1 atom stereocenters. The van der Waals surface area contributed by atoms with E-state index in [4.69, 9.17) is 23.2 Å². The number of imidazole rings is 1. The molecule has 0 saturated heterocycles. The Morgan fingerprint density at radius 2 is 1.96 bits per heavy atom. The standard InChI is InChI=1S/C19H26Cl2N2S/c1-2-3-4-5-6-7-17(10-12-23-13-11-22-15-23)24-19-9-8-16(20)14-18(19)21/h8-9,11,13-15,17H,2-7,10,12H2,1H3. The first-order valence-corrected chi connectivity index (χ1v) is 10.4. The van der Waals surface area contributed by atoms with Crippen LogP contribution >= 0.6 is 35.0 Å². The lowest BCUT2D eigenvalue weighted by Crippen LogP contribution is -2.08. The lowest BCUT2D eigenvalue weighted by molar-refractivity contribution is 0.553. The van der Waals surface area contributed by atoms with E-state index in [0.717, 1.165) is 22.9 Å². The van der Waals surface area contributed by atoms with Gasteiger partial charge in [-0.1, -0.05) is 62.2 Å². The normalized spacial score (nSPS) is 12.5. The number of hydrogen-bond acceptors (Lipinski definition) is 2. The van der Waals surface area contributed by atoms with Crippen LogP contribution in [0.15, 0.2) is 41.8 Å². The highest BCUT2D eigenvalue weighted by Crippen LogP contribution is 2.35. The van der Waals surface area contributed by atoms with Gasteiger partial charge in [0.25, 0.3) is 0 Å². The van der Waals surface area contributed by atoms with Crippen molar-refractivity contribution in [2.24, 2.45) is 0 Å². The average Bonchev–Trinajstić information content (AvgIpc) is 3.08. The highest BCUT2D eigenvalue weighted by Gasteiger charge is 2.13. The Morgan fingerprint density at radius 3 is 2.67 bits per heavy atom. The zero-order valence-corrected chi connectivity index (χ0v) is 16.6. The van der Waals surface area contributed by atoms with Gasteiger partial charge in [-0.25, -0.2) is 4.98 Å². The summed E-state index contributed by atoms with van der Waals surface area (Å²) in [7, 11) is 0. The summed E-state index contributed by atoms with van der Waals surface area (Å²) in [6.07, 6.45) is 14.7. The fourth-order valence-electron chi connectivity index (χ4n) is 2.70. The minimum absolute atomic E-state index is 0.563. The number of unbranched alkanes of at least 4 members (excludes halogenated alkanes) is 4. The van der Waals surface area contributed by atoms with Crippen LogP contribution in [-0.4, -0.2) is 14.8 Å². The van der Waals surface area contributed by atoms with Crippen molar-refractivity contribution in [1.82, 2.24) is 9.55 Å². The Labute approximate surface area is 160 Å². The Kier molecular flexibility index (Phi) is 9.08. The first-order chi connectivity index (χ1) is 11.7.